The molecule has 1 aromatic carbocycles. The summed E-state index contributed by atoms with van der Waals surface area (Å²) in [6.07, 6.45) is 5.39. The highest BCUT2D eigenvalue weighted by Gasteiger charge is 2.02. The van der Waals surface area contributed by atoms with Crippen molar-refractivity contribution in [1.82, 2.24) is 15.0 Å². The fourth-order valence-electron chi connectivity index (χ4n) is 1.89. The number of fused-ring (bicyclic) bond motifs is 1. The molecule has 94 valence electrons. The molecule has 4 nitrogen and oxygen atoms in total. The second kappa shape index (κ2) is 5.48. The first-order chi connectivity index (χ1) is 9.33. The molecule has 0 fully saturated rings. The Bertz CT molecular complexity index is 692. The molecule has 0 atom stereocenters. The summed E-state index contributed by atoms with van der Waals surface area (Å²) < 4.78 is 1.02. The van der Waals surface area contributed by atoms with Gasteiger partial charge >= 0.3 is 0 Å². The van der Waals surface area contributed by atoms with E-state index in [0.717, 1.165) is 20.0 Å². The summed E-state index contributed by atoms with van der Waals surface area (Å²) in [6, 6.07) is 10.2. The molecule has 0 unspecified atom stereocenters. The summed E-state index contributed by atoms with van der Waals surface area (Å²) in [4.78, 5) is 12.9. The highest BCUT2D eigenvalue weighted by atomic mass is 127. The Hall–Kier alpha value is -1.76. The predicted molar refractivity (Wildman–Crippen MR) is 83.8 cm³/mol. The lowest BCUT2D eigenvalue weighted by Crippen LogP contribution is -2.04. The van der Waals surface area contributed by atoms with Crippen molar-refractivity contribution < 1.29 is 0 Å². The Kier molecular flexibility index (Phi) is 3.54. The standard InChI is InChI=1S/C14H11IN4/c15-12-8-18-14(19-9-12)17-7-11-4-1-3-10-5-2-6-16-13(10)11/h1-6,8-9H,7H2,(H,17,18,19). The average Bonchev–Trinajstić information content (AvgIpc) is 2.47. The van der Waals surface area contributed by atoms with Crippen LogP contribution in [0.4, 0.5) is 5.95 Å². The summed E-state index contributed by atoms with van der Waals surface area (Å²) >= 11 is 2.19. The summed E-state index contributed by atoms with van der Waals surface area (Å²) in [5, 5.41) is 4.36. The van der Waals surface area contributed by atoms with Gasteiger partial charge in [0.2, 0.25) is 5.95 Å². The van der Waals surface area contributed by atoms with E-state index < -0.39 is 0 Å². The van der Waals surface area contributed by atoms with Gasteiger partial charge in [0.25, 0.3) is 0 Å². The van der Waals surface area contributed by atoms with E-state index in [9.17, 15) is 0 Å². The van der Waals surface area contributed by atoms with Crippen molar-refractivity contribution in [2.75, 3.05) is 5.32 Å². The van der Waals surface area contributed by atoms with Crippen molar-refractivity contribution in [2.45, 2.75) is 6.54 Å². The minimum Gasteiger partial charge on any atom is -0.350 e. The van der Waals surface area contributed by atoms with Crippen LogP contribution in [0.3, 0.4) is 0 Å². The number of benzene rings is 1. The molecule has 1 N–H and O–H groups in total. The van der Waals surface area contributed by atoms with E-state index in [1.54, 1.807) is 12.4 Å². The molecular weight excluding hydrogens is 351 g/mol. The van der Waals surface area contributed by atoms with Crippen molar-refractivity contribution in [1.29, 1.82) is 0 Å². The molecule has 0 radical (unpaired) electrons. The number of nitrogens with one attached hydrogen (secondary N) is 1. The van der Waals surface area contributed by atoms with E-state index in [4.69, 9.17) is 0 Å². The van der Waals surface area contributed by atoms with Crippen LogP contribution in [-0.2, 0) is 6.54 Å². The number of aromatic nitrogens is 3. The number of para-hydroxylation sites is 1. The number of anilines is 1. The minimum atomic E-state index is 0.633. The lowest BCUT2D eigenvalue weighted by molar-refractivity contribution is 1.05. The molecule has 2 heterocycles. The van der Waals surface area contributed by atoms with Crippen LogP contribution in [0.15, 0.2) is 48.9 Å². The SMILES string of the molecule is Ic1cnc(NCc2cccc3cccnc23)nc1. The van der Waals surface area contributed by atoms with Gasteiger partial charge in [0.05, 0.1) is 5.52 Å². The van der Waals surface area contributed by atoms with Gasteiger partial charge in [-0.3, -0.25) is 4.98 Å². The van der Waals surface area contributed by atoms with Crippen molar-refractivity contribution in [3.05, 3.63) is 58.1 Å². The zero-order chi connectivity index (χ0) is 13.1. The van der Waals surface area contributed by atoms with Crippen molar-refractivity contribution in [3.63, 3.8) is 0 Å². The van der Waals surface area contributed by atoms with Gasteiger partial charge in [-0.15, -0.1) is 0 Å². The van der Waals surface area contributed by atoms with Crippen LogP contribution in [0.1, 0.15) is 5.56 Å². The predicted octanol–water partition coefficient (Wildman–Crippen LogP) is 3.24. The van der Waals surface area contributed by atoms with E-state index >= 15 is 0 Å². The van der Waals surface area contributed by atoms with E-state index in [1.807, 2.05) is 18.3 Å². The third-order valence-electron chi connectivity index (χ3n) is 2.77. The molecule has 0 amide bonds. The largest absolute Gasteiger partial charge is 0.350 e. The van der Waals surface area contributed by atoms with Crippen molar-refractivity contribution in [2.24, 2.45) is 0 Å². The second-order valence-electron chi connectivity index (χ2n) is 4.07. The molecule has 0 saturated heterocycles. The first-order valence-corrected chi connectivity index (χ1v) is 6.95. The van der Waals surface area contributed by atoms with Gasteiger partial charge in [-0.05, 0) is 34.2 Å². The maximum Gasteiger partial charge on any atom is 0.222 e. The van der Waals surface area contributed by atoms with Gasteiger partial charge in [0, 0.05) is 34.1 Å². The van der Waals surface area contributed by atoms with Crippen LogP contribution in [-0.4, -0.2) is 15.0 Å². The van der Waals surface area contributed by atoms with Crippen molar-refractivity contribution in [3.8, 4) is 0 Å². The zero-order valence-electron chi connectivity index (χ0n) is 10.0. The van der Waals surface area contributed by atoms with Crippen LogP contribution < -0.4 is 5.32 Å². The maximum absolute atomic E-state index is 4.43. The molecule has 0 spiro atoms. The molecule has 19 heavy (non-hydrogen) atoms. The van der Waals surface area contributed by atoms with Crippen LogP contribution in [0.2, 0.25) is 0 Å². The zero-order valence-corrected chi connectivity index (χ0v) is 12.2. The number of nitrogens with zero attached hydrogens (tertiary/aromatic N) is 3. The summed E-state index contributed by atoms with van der Waals surface area (Å²) in [5.41, 5.74) is 2.16. The van der Waals surface area contributed by atoms with Crippen LogP contribution in [0.25, 0.3) is 10.9 Å². The van der Waals surface area contributed by atoms with Gasteiger partial charge < -0.3 is 5.32 Å². The number of rotatable bonds is 3. The molecule has 5 heteroatoms. The van der Waals surface area contributed by atoms with E-state index in [2.05, 4.69) is 61.1 Å². The smallest absolute Gasteiger partial charge is 0.222 e. The summed E-state index contributed by atoms with van der Waals surface area (Å²) in [6.45, 7) is 0.662. The molecule has 0 bridgehead atoms. The number of hydrogen-bond donors (Lipinski definition) is 1. The number of halogens is 1. The van der Waals surface area contributed by atoms with Gasteiger partial charge in [-0.1, -0.05) is 24.3 Å². The maximum atomic E-state index is 4.43. The lowest BCUT2D eigenvalue weighted by Gasteiger charge is -2.07. The summed E-state index contributed by atoms with van der Waals surface area (Å²) in [5.74, 6) is 0.633. The minimum absolute atomic E-state index is 0.633. The number of pyridine rings is 1. The molecule has 3 aromatic rings. The fraction of sp³-hybridized carbons (Fsp3) is 0.0714. The molecule has 0 aliphatic rings. The molecule has 0 saturated carbocycles. The molecule has 0 aliphatic carbocycles. The molecular formula is C14H11IN4. The third kappa shape index (κ3) is 2.81. The van der Waals surface area contributed by atoms with Crippen LogP contribution >= 0.6 is 22.6 Å². The van der Waals surface area contributed by atoms with E-state index in [1.165, 1.54) is 0 Å². The Morgan fingerprint density at radius 3 is 2.63 bits per heavy atom. The normalized spacial score (nSPS) is 10.6. The van der Waals surface area contributed by atoms with Gasteiger partial charge in [-0.2, -0.15) is 0 Å². The Labute approximate surface area is 124 Å². The molecule has 3 rings (SSSR count). The van der Waals surface area contributed by atoms with Gasteiger partial charge in [-0.25, -0.2) is 9.97 Å². The van der Waals surface area contributed by atoms with Crippen LogP contribution in [0.5, 0.6) is 0 Å². The lowest BCUT2D eigenvalue weighted by atomic mass is 10.1. The summed E-state index contributed by atoms with van der Waals surface area (Å²) in [7, 11) is 0. The highest BCUT2D eigenvalue weighted by Crippen LogP contribution is 2.16. The first kappa shape index (κ1) is 12.3. The quantitative estimate of drug-likeness (QED) is 0.727. The second-order valence-corrected chi connectivity index (χ2v) is 5.32. The number of hydrogen-bond acceptors (Lipinski definition) is 4. The Morgan fingerprint density at radius 1 is 1.00 bits per heavy atom. The van der Waals surface area contributed by atoms with Gasteiger partial charge in [0.1, 0.15) is 0 Å². The Morgan fingerprint density at radius 2 is 1.79 bits per heavy atom. The molecule has 0 aliphatic heterocycles. The van der Waals surface area contributed by atoms with Crippen molar-refractivity contribution >= 4 is 39.4 Å². The van der Waals surface area contributed by atoms with E-state index in [-0.39, 0.29) is 0 Å². The topological polar surface area (TPSA) is 50.7 Å². The molecule has 2 aromatic heterocycles. The fourth-order valence-corrected chi connectivity index (χ4v) is 2.17. The Balaban J connectivity index is 1.84. The highest BCUT2D eigenvalue weighted by molar-refractivity contribution is 14.1. The third-order valence-corrected chi connectivity index (χ3v) is 3.33. The average molecular weight is 362 g/mol. The van der Waals surface area contributed by atoms with Crippen LogP contribution in [0, 0.1) is 3.57 Å². The van der Waals surface area contributed by atoms with Gasteiger partial charge in [0.15, 0.2) is 0 Å². The monoisotopic (exact) mass is 362 g/mol. The van der Waals surface area contributed by atoms with E-state index in [0.29, 0.717) is 12.5 Å². The first-order valence-electron chi connectivity index (χ1n) is 5.87.